The Morgan fingerprint density at radius 3 is 2.47 bits per heavy atom. The Balaban J connectivity index is 2.48. The van der Waals surface area contributed by atoms with E-state index in [9.17, 15) is 4.39 Å². The van der Waals surface area contributed by atoms with Gasteiger partial charge in [-0.15, -0.1) is 0 Å². The Bertz CT molecular complexity index is 412. The van der Waals surface area contributed by atoms with Gasteiger partial charge in [-0.05, 0) is 57.0 Å². The highest BCUT2D eigenvalue weighted by Gasteiger charge is 2.09. The molecular formula is C14H21FN2OS. The van der Waals surface area contributed by atoms with Gasteiger partial charge in [-0.25, -0.2) is 4.39 Å². The van der Waals surface area contributed by atoms with E-state index in [-0.39, 0.29) is 18.7 Å². The number of nitrogens with two attached hydrogens (primary N) is 1. The fraction of sp³-hybridized carbons (Fsp3) is 0.429. The molecule has 1 rings (SSSR count). The maximum Gasteiger partial charge on any atom is 0.119 e. The second-order valence-electron chi connectivity index (χ2n) is 5.19. The van der Waals surface area contributed by atoms with Gasteiger partial charge in [0.05, 0.1) is 6.33 Å². The Hall–Kier alpha value is -1.04. The molecule has 0 amide bonds. The average molecular weight is 284 g/mol. The number of hydrogen-bond donors (Lipinski definition) is 2. The molecular weight excluding hydrogens is 263 g/mol. The van der Waals surface area contributed by atoms with Crippen molar-refractivity contribution in [3.05, 3.63) is 36.2 Å². The van der Waals surface area contributed by atoms with Gasteiger partial charge in [0.2, 0.25) is 0 Å². The molecule has 0 saturated heterocycles. The van der Waals surface area contributed by atoms with Crippen LogP contribution in [0.2, 0.25) is 0 Å². The Kier molecular flexibility index (Phi) is 6.34. The van der Waals surface area contributed by atoms with Crippen LogP contribution in [0, 0.1) is 0 Å². The summed E-state index contributed by atoms with van der Waals surface area (Å²) in [4.78, 5) is 1.10. The first-order valence-corrected chi connectivity index (χ1v) is 6.91. The number of rotatable bonds is 6. The van der Waals surface area contributed by atoms with Crippen LogP contribution in [0.15, 0.2) is 41.1 Å². The van der Waals surface area contributed by atoms with Gasteiger partial charge in [0.15, 0.2) is 0 Å². The Morgan fingerprint density at radius 2 is 2.00 bits per heavy atom. The number of halogens is 1. The molecule has 1 aromatic rings. The summed E-state index contributed by atoms with van der Waals surface area (Å²) in [7, 11) is 0. The third-order valence-electron chi connectivity index (χ3n) is 2.14. The van der Waals surface area contributed by atoms with Crippen molar-refractivity contribution in [1.82, 2.24) is 4.72 Å². The zero-order chi connectivity index (χ0) is 14.3. The summed E-state index contributed by atoms with van der Waals surface area (Å²) in [5, 5.41) is 0. The first kappa shape index (κ1) is 16.0. The van der Waals surface area contributed by atoms with Crippen molar-refractivity contribution in [2.45, 2.75) is 31.2 Å². The summed E-state index contributed by atoms with van der Waals surface area (Å²) in [6, 6.07) is 7.64. The minimum absolute atomic E-state index is 0.0573. The van der Waals surface area contributed by atoms with Crippen LogP contribution < -0.4 is 15.2 Å². The topological polar surface area (TPSA) is 47.3 Å². The highest BCUT2D eigenvalue weighted by molar-refractivity contribution is 7.97. The first-order valence-electron chi connectivity index (χ1n) is 6.09. The van der Waals surface area contributed by atoms with Gasteiger partial charge in [-0.1, -0.05) is 0 Å². The number of benzene rings is 1. The summed E-state index contributed by atoms with van der Waals surface area (Å²) >= 11 is 1.57. The molecule has 0 spiro atoms. The molecule has 106 valence electrons. The van der Waals surface area contributed by atoms with E-state index in [1.807, 2.05) is 24.3 Å². The zero-order valence-electron chi connectivity index (χ0n) is 11.6. The highest BCUT2D eigenvalue weighted by atomic mass is 32.2. The molecule has 0 saturated carbocycles. The first-order chi connectivity index (χ1) is 8.94. The molecule has 1 aromatic carbocycles. The van der Waals surface area contributed by atoms with E-state index in [4.69, 9.17) is 10.5 Å². The molecule has 19 heavy (non-hydrogen) atoms. The summed E-state index contributed by atoms with van der Waals surface area (Å²) in [5.41, 5.74) is 5.85. The molecule has 5 heteroatoms. The van der Waals surface area contributed by atoms with Crippen molar-refractivity contribution in [2.75, 3.05) is 13.2 Å². The number of ether oxygens (including phenoxy) is 1. The van der Waals surface area contributed by atoms with Gasteiger partial charge >= 0.3 is 0 Å². The van der Waals surface area contributed by atoms with Crippen LogP contribution in [-0.2, 0) is 0 Å². The van der Waals surface area contributed by atoms with Crippen molar-refractivity contribution in [2.24, 2.45) is 5.73 Å². The summed E-state index contributed by atoms with van der Waals surface area (Å²) in [6.45, 7) is 6.67. The average Bonchev–Trinajstić information content (AvgIpc) is 2.38. The fourth-order valence-corrected chi connectivity index (χ4v) is 1.82. The van der Waals surface area contributed by atoms with Crippen LogP contribution in [0.4, 0.5) is 4.39 Å². The molecule has 0 aliphatic carbocycles. The van der Waals surface area contributed by atoms with Gasteiger partial charge in [0.25, 0.3) is 0 Å². The van der Waals surface area contributed by atoms with Crippen LogP contribution in [0.5, 0.6) is 5.75 Å². The maximum atomic E-state index is 12.3. The second-order valence-corrected chi connectivity index (χ2v) is 6.07. The number of hydrogen-bond acceptors (Lipinski definition) is 4. The van der Waals surface area contributed by atoms with Gasteiger partial charge in [-0.2, -0.15) is 0 Å². The molecule has 0 bridgehead atoms. The monoisotopic (exact) mass is 284 g/mol. The van der Waals surface area contributed by atoms with E-state index < -0.39 is 0 Å². The minimum Gasteiger partial charge on any atom is -0.489 e. The van der Waals surface area contributed by atoms with Crippen LogP contribution in [0.1, 0.15) is 20.8 Å². The summed E-state index contributed by atoms with van der Waals surface area (Å²) < 4.78 is 21.1. The lowest BCUT2D eigenvalue weighted by atomic mass is 10.1. The SMILES string of the molecule is CC(C)(C)NSc1ccc(OC/C(=C/F)CN)cc1. The minimum atomic E-state index is 0.0573. The highest BCUT2D eigenvalue weighted by Crippen LogP contribution is 2.21. The summed E-state index contributed by atoms with van der Waals surface area (Å²) in [6.07, 6.45) is 0.497. The largest absolute Gasteiger partial charge is 0.489 e. The third-order valence-corrected chi connectivity index (χ3v) is 3.36. The van der Waals surface area contributed by atoms with E-state index in [1.54, 1.807) is 11.9 Å². The standard InChI is InChI=1S/C14H21FN2OS/c1-14(2,3)17-19-13-6-4-12(5-7-13)18-10-11(8-15)9-16/h4-8,17H,9-10,16H2,1-3H3/b11-8+. The zero-order valence-corrected chi connectivity index (χ0v) is 12.4. The van der Waals surface area contributed by atoms with Gasteiger partial charge in [0.1, 0.15) is 12.4 Å². The molecule has 3 nitrogen and oxygen atoms in total. The normalized spacial score (nSPS) is 12.6. The van der Waals surface area contributed by atoms with Crippen LogP contribution >= 0.6 is 11.9 Å². The molecule has 0 unspecified atom stereocenters. The van der Waals surface area contributed by atoms with Crippen molar-refractivity contribution in [3.63, 3.8) is 0 Å². The smallest absolute Gasteiger partial charge is 0.119 e. The molecule has 0 heterocycles. The van der Waals surface area contributed by atoms with Gasteiger partial charge < -0.3 is 10.5 Å². The molecule has 0 aliphatic heterocycles. The molecule has 3 N–H and O–H groups in total. The van der Waals surface area contributed by atoms with E-state index >= 15 is 0 Å². The van der Waals surface area contributed by atoms with E-state index in [0.29, 0.717) is 17.7 Å². The maximum absolute atomic E-state index is 12.3. The van der Waals surface area contributed by atoms with Crippen LogP contribution in [0.25, 0.3) is 0 Å². The van der Waals surface area contributed by atoms with Gasteiger partial charge in [-0.3, -0.25) is 4.72 Å². The van der Waals surface area contributed by atoms with Crippen LogP contribution in [0.3, 0.4) is 0 Å². The lowest BCUT2D eigenvalue weighted by Crippen LogP contribution is -2.29. The van der Waals surface area contributed by atoms with E-state index in [1.165, 1.54) is 0 Å². The predicted molar refractivity (Wildman–Crippen MR) is 78.9 cm³/mol. The van der Waals surface area contributed by atoms with Crippen molar-refractivity contribution in [1.29, 1.82) is 0 Å². The predicted octanol–water partition coefficient (Wildman–Crippen LogP) is 3.27. The lowest BCUT2D eigenvalue weighted by molar-refractivity contribution is 0.347. The van der Waals surface area contributed by atoms with E-state index in [0.717, 1.165) is 4.90 Å². The van der Waals surface area contributed by atoms with E-state index in [2.05, 4.69) is 25.5 Å². The van der Waals surface area contributed by atoms with Gasteiger partial charge in [0, 0.05) is 22.6 Å². The quantitative estimate of drug-likeness (QED) is 0.787. The number of nitrogens with one attached hydrogen (secondary N) is 1. The molecule has 0 aromatic heterocycles. The van der Waals surface area contributed by atoms with Crippen LogP contribution in [-0.4, -0.2) is 18.7 Å². The molecule has 0 radical (unpaired) electrons. The van der Waals surface area contributed by atoms with Crippen molar-refractivity contribution < 1.29 is 9.13 Å². The third kappa shape index (κ3) is 6.61. The van der Waals surface area contributed by atoms with Crippen molar-refractivity contribution in [3.8, 4) is 5.75 Å². The summed E-state index contributed by atoms with van der Waals surface area (Å²) in [5.74, 6) is 0.702. The molecule has 0 fully saturated rings. The Labute approximate surface area is 118 Å². The lowest BCUT2D eigenvalue weighted by Gasteiger charge is -2.19. The van der Waals surface area contributed by atoms with Crippen molar-refractivity contribution >= 4 is 11.9 Å². The molecule has 0 atom stereocenters. The fourth-order valence-electron chi connectivity index (χ4n) is 1.13. The molecule has 0 aliphatic rings. The Morgan fingerprint density at radius 1 is 1.37 bits per heavy atom. The second kappa shape index (κ2) is 7.53.